The average Bonchev–Trinajstić information content (AvgIpc) is 2.39. The first-order valence-electron chi connectivity index (χ1n) is 6.43. The van der Waals surface area contributed by atoms with Gasteiger partial charge in [0.2, 0.25) is 0 Å². The zero-order valence-electron chi connectivity index (χ0n) is 10.6. The third kappa shape index (κ3) is 2.47. The van der Waals surface area contributed by atoms with Crippen LogP contribution in [0.5, 0.6) is 0 Å². The highest BCUT2D eigenvalue weighted by atomic mass is 19.1. The fraction of sp³-hybridized carbons (Fsp3) is 0.500. The summed E-state index contributed by atoms with van der Waals surface area (Å²) >= 11 is 0. The second-order valence-electron chi connectivity index (χ2n) is 5.16. The van der Waals surface area contributed by atoms with E-state index in [1.54, 1.807) is 0 Å². The van der Waals surface area contributed by atoms with Crippen molar-refractivity contribution in [3.63, 3.8) is 0 Å². The van der Waals surface area contributed by atoms with E-state index in [2.05, 4.69) is 0 Å². The minimum atomic E-state index is -1.39. The van der Waals surface area contributed by atoms with Crippen LogP contribution in [0, 0.1) is 11.6 Å². The predicted molar refractivity (Wildman–Crippen MR) is 67.1 cm³/mol. The molecule has 1 aromatic carbocycles. The third-order valence-electron chi connectivity index (χ3n) is 4.06. The quantitative estimate of drug-likeness (QED) is 0.886. The first-order chi connectivity index (χ1) is 9.00. The minimum Gasteiger partial charge on any atom is -0.478 e. The van der Waals surface area contributed by atoms with Crippen molar-refractivity contribution in [2.45, 2.75) is 37.5 Å². The summed E-state index contributed by atoms with van der Waals surface area (Å²) in [5.41, 5.74) is 4.99. The van der Waals surface area contributed by atoms with Gasteiger partial charge >= 0.3 is 5.97 Å². The first-order valence-corrected chi connectivity index (χ1v) is 6.43. The van der Waals surface area contributed by atoms with E-state index in [1.807, 2.05) is 0 Å². The number of rotatable bonds is 3. The Balaban J connectivity index is 2.53. The Morgan fingerprint density at radius 1 is 1.21 bits per heavy atom. The molecule has 0 spiro atoms. The highest BCUT2D eigenvalue weighted by Gasteiger charge is 2.36. The van der Waals surface area contributed by atoms with E-state index in [-0.39, 0.29) is 12.1 Å². The first kappa shape index (κ1) is 13.9. The second-order valence-corrected chi connectivity index (χ2v) is 5.16. The van der Waals surface area contributed by atoms with Crippen LogP contribution in [0.3, 0.4) is 0 Å². The number of halogens is 2. The largest absolute Gasteiger partial charge is 0.478 e. The smallest absolute Gasteiger partial charge is 0.338 e. The number of nitrogens with two attached hydrogens (primary N) is 1. The van der Waals surface area contributed by atoms with Crippen molar-refractivity contribution >= 4 is 5.97 Å². The number of carbonyl (C=O) groups is 1. The molecule has 0 unspecified atom stereocenters. The predicted octanol–water partition coefficient (Wildman–Crippen LogP) is 2.82. The molecule has 0 saturated heterocycles. The fourth-order valence-electron chi connectivity index (χ4n) is 2.93. The van der Waals surface area contributed by atoms with Crippen molar-refractivity contribution in [3.05, 3.63) is 34.9 Å². The van der Waals surface area contributed by atoms with E-state index < -0.39 is 28.6 Å². The van der Waals surface area contributed by atoms with Gasteiger partial charge in [-0.15, -0.1) is 0 Å². The molecule has 0 heterocycles. The number of aromatic carboxylic acids is 1. The Morgan fingerprint density at radius 2 is 1.84 bits per heavy atom. The lowest BCUT2D eigenvalue weighted by Gasteiger charge is -2.37. The summed E-state index contributed by atoms with van der Waals surface area (Å²) in [6, 6.07) is 1.77. The van der Waals surface area contributed by atoms with E-state index in [0.717, 1.165) is 25.3 Å². The third-order valence-corrected chi connectivity index (χ3v) is 4.06. The van der Waals surface area contributed by atoms with Gasteiger partial charge in [-0.25, -0.2) is 13.6 Å². The average molecular weight is 269 g/mol. The van der Waals surface area contributed by atoms with Crippen molar-refractivity contribution in [1.29, 1.82) is 0 Å². The van der Waals surface area contributed by atoms with E-state index in [4.69, 9.17) is 10.8 Å². The fourth-order valence-corrected chi connectivity index (χ4v) is 2.93. The molecule has 3 N–H and O–H groups in total. The van der Waals surface area contributed by atoms with Crippen LogP contribution in [0.15, 0.2) is 12.1 Å². The molecule has 1 aliphatic rings. The highest BCUT2D eigenvalue weighted by Crippen LogP contribution is 2.40. The Bertz CT molecular complexity index is 496. The Hall–Kier alpha value is -1.49. The molecule has 0 atom stereocenters. The number of carboxylic acid groups (broad SMARTS) is 1. The normalized spacial score (nSPS) is 18.3. The molecule has 1 aliphatic carbocycles. The summed E-state index contributed by atoms with van der Waals surface area (Å²) in [6.45, 7) is 0.245. The van der Waals surface area contributed by atoms with Gasteiger partial charge in [0, 0.05) is 18.0 Å². The molecule has 1 aromatic rings. The Kier molecular flexibility index (Phi) is 3.85. The van der Waals surface area contributed by atoms with Gasteiger partial charge in [-0.3, -0.25) is 0 Å². The van der Waals surface area contributed by atoms with Crippen LogP contribution >= 0.6 is 0 Å². The summed E-state index contributed by atoms with van der Waals surface area (Å²) in [6.07, 6.45) is 4.35. The van der Waals surface area contributed by atoms with Gasteiger partial charge in [-0.1, -0.05) is 19.3 Å². The standard InChI is InChI=1S/C14H17F2NO2/c15-11-7-12(16)10(6-9(11)13(18)19)14(8-17)4-2-1-3-5-14/h6-7H,1-5,8,17H2,(H,18,19). The van der Waals surface area contributed by atoms with Crippen molar-refractivity contribution in [2.75, 3.05) is 6.54 Å². The van der Waals surface area contributed by atoms with E-state index in [1.165, 1.54) is 0 Å². The summed E-state index contributed by atoms with van der Waals surface area (Å²) < 4.78 is 27.4. The van der Waals surface area contributed by atoms with E-state index in [9.17, 15) is 13.6 Å². The summed E-state index contributed by atoms with van der Waals surface area (Å²) in [5.74, 6) is -3.13. The van der Waals surface area contributed by atoms with Gasteiger partial charge < -0.3 is 10.8 Å². The van der Waals surface area contributed by atoms with E-state index >= 15 is 0 Å². The van der Waals surface area contributed by atoms with Crippen LogP contribution in [0.2, 0.25) is 0 Å². The number of hydrogen-bond donors (Lipinski definition) is 2. The maximum atomic E-state index is 14.0. The van der Waals surface area contributed by atoms with Gasteiger partial charge in [0.25, 0.3) is 0 Å². The maximum Gasteiger partial charge on any atom is 0.338 e. The Morgan fingerprint density at radius 3 is 2.37 bits per heavy atom. The summed E-state index contributed by atoms with van der Waals surface area (Å²) in [4.78, 5) is 11.0. The number of benzene rings is 1. The zero-order valence-corrected chi connectivity index (χ0v) is 10.6. The molecule has 0 bridgehead atoms. The van der Waals surface area contributed by atoms with Crippen molar-refractivity contribution in [3.8, 4) is 0 Å². The lowest BCUT2D eigenvalue weighted by Crippen LogP contribution is -2.38. The van der Waals surface area contributed by atoms with Gasteiger partial charge in [-0.05, 0) is 24.5 Å². The van der Waals surface area contributed by atoms with Crippen LogP contribution in [0.1, 0.15) is 48.0 Å². The molecule has 0 aromatic heterocycles. The minimum absolute atomic E-state index is 0.244. The van der Waals surface area contributed by atoms with Gasteiger partial charge in [0.15, 0.2) is 0 Å². The van der Waals surface area contributed by atoms with Gasteiger partial charge in [0.05, 0.1) is 5.56 Å². The Labute approximate surface area is 110 Å². The van der Waals surface area contributed by atoms with Crippen LogP contribution in [-0.2, 0) is 5.41 Å². The molecule has 0 amide bonds. The summed E-state index contributed by atoms with van der Waals surface area (Å²) in [7, 11) is 0. The van der Waals surface area contributed by atoms with Crippen LogP contribution in [0.25, 0.3) is 0 Å². The number of carboxylic acids is 1. The second kappa shape index (κ2) is 5.25. The van der Waals surface area contributed by atoms with Crippen LogP contribution < -0.4 is 5.73 Å². The topological polar surface area (TPSA) is 63.3 Å². The molecule has 1 fully saturated rings. The van der Waals surface area contributed by atoms with Gasteiger partial charge in [0.1, 0.15) is 11.6 Å². The monoisotopic (exact) mass is 269 g/mol. The molecule has 3 nitrogen and oxygen atoms in total. The molecular formula is C14H17F2NO2. The summed E-state index contributed by atoms with van der Waals surface area (Å²) in [5, 5.41) is 8.94. The van der Waals surface area contributed by atoms with Crippen molar-refractivity contribution < 1.29 is 18.7 Å². The lowest BCUT2D eigenvalue weighted by atomic mass is 9.69. The molecule has 19 heavy (non-hydrogen) atoms. The SMILES string of the molecule is NCC1(c2cc(C(=O)O)c(F)cc2F)CCCCC1. The molecule has 0 radical (unpaired) electrons. The van der Waals surface area contributed by atoms with Crippen molar-refractivity contribution in [2.24, 2.45) is 5.73 Å². The number of hydrogen-bond acceptors (Lipinski definition) is 2. The molecule has 1 saturated carbocycles. The van der Waals surface area contributed by atoms with Gasteiger partial charge in [-0.2, -0.15) is 0 Å². The molecular weight excluding hydrogens is 252 g/mol. The molecule has 104 valence electrons. The van der Waals surface area contributed by atoms with Crippen molar-refractivity contribution in [1.82, 2.24) is 0 Å². The van der Waals surface area contributed by atoms with Crippen LogP contribution in [0.4, 0.5) is 8.78 Å². The zero-order chi connectivity index (χ0) is 14.0. The van der Waals surface area contributed by atoms with Crippen LogP contribution in [-0.4, -0.2) is 17.6 Å². The molecule has 5 heteroatoms. The molecule has 2 rings (SSSR count). The van der Waals surface area contributed by atoms with E-state index in [0.29, 0.717) is 18.9 Å². The molecule has 0 aliphatic heterocycles. The highest BCUT2D eigenvalue weighted by molar-refractivity contribution is 5.88. The lowest BCUT2D eigenvalue weighted by molar-refractivity contribution is 0.0691. The maximum absolute atomic E-state index is 14.0.